The predicted molar refractivity (Wildman–Crippen MR) is 78.0 cm³/mol. The average Bonchev–Trinajstić information content (AvgIpc) is 2.48. The lowest BCUT2D eigenvalue weighted by Crippen LogP contribution is -2.06. The minimum absolute atomic E-state index is 0.230. The largest absolute Gasteiger partial charge is 0.378 e. The summed E-state index contributed by atoms with van der Waals surface area (Å²) in [5.74, 6) is 0. The fraction of sp³-hybridized carbons (Fsp3) is 0.125. The normalized spacial score (nSPS) is 12.3. The SMILES string of the molecule is CC(Nc1cccc2ncccc12)c1ccncc1. The number of fused-ring (bicyclic) bond motifs is 1. The van der Waals surface area contributed by atoms with Crippen molar-refractivity contribution in [1.82, 2.24) is 9.97 Å². The summed E-state index contributed by atoms with van der Waals surface area (Å²) >= 11 is 0. The van der Waals surface area contributed by atoms with E-state index in [1.807, 2.05) is 48.9 Å². The molecule has 0 aliphatic heterocycles. The van der Waals surface area contributed by atoms with E-state index in [0.717, 1.165) is 16.6 Å². The molecule has 2 heterocycles. The van der Waals surface area contributed by atoms with Crippen molar-refractivity contribution in [3.63, 3.8) is 0 Å². The van der Waals surface area contributed by atoms with Crippen LogP contribution in [0.2, 0.25) is 0 Å². The lowest BCUT2D eigenvalue weighted by Gasteiger charge is -2.16. The molecule has 0 amide bonds. The summed E-state index contributed by atoms with van der Waals surface area (Å²) in [7, 11) is 0. The molecule has 0 saturated heterocycles. The second-order valence-corrected chi connectivity index (χ2v) is 4.52. The number of hydrogen-bond acceptors (Lipinski definition) is 3. The summed E-state index contributed by atoms with van der Waals surface area (Å²) in [6.45, 7) is 2.14. The van der Waals surface area contributed by atoms with Gasteiger partial charge in [0.05, 0.1) is 5.52 Å². The summed E-state index contributed by atoms with van der Waals surface area (Å²) in [6.07, 6.45) is 5.45. The molecule has 1 unspecified atom stereocenters. The molecule has 1 N–H and O–H groups in total. The van der Waals surface area contributed by atoms with Crippen molar-refractivity contribution >= 4 is 16.6 Å². The first kappa shape index (κ1) is 11.7. The van der Waals surface area contributed by atoms with E-state index in [4.69, 9.17) is 0 Å². The van der Waals surface area contributed by atoms with Gasteiger partial charge in [0.1, 0.15) is 0 Å². The summed E-state index contributed by atoms with van der Waals surface area (Å²) < 4.78 is 0. The molecule has 1 atom stereocenters. The van der Waals surface area contributed by atoms with Crippen LogP contribution < -0.4 is 5.32 Å². The van der Waals surface area contributed by atoms with Crippen LogP contribution in [0.4, 0.5) is 5.69 Å². The van der Waals surface area contributed by atoms with E-state index in [0.29, 0.717) is 0 Å². The van der Waals surface area contributed by atoms with Gasteiger partial charge in [-0.05, 0) is 48.9 Å². The van der Waals surface area contributed by atoms with E-state index in [1.165, 1.54) is 5.56 Å². The fourth-order valence-electron chi connectivity index (χ4n) is 2.20. The summed E-state index contributed by atoms with van der Waals surface area (Å²) in [5, 5.41) is 4.68. The molecule has 0 fully saturated rings. The van der Waals surface area contributed by atoms with Gasteiger partial charge in [-0.25, -0.2) is 0 Å². The molecule has 3 aromatic rings. The number of hydrogen-bond donors (Lipinski definition) is 1. The van der Waals surface area contributed by atoms with Crippen molar-refractivity contribution in [2.75, 3.05) is 5.32 Å². The van der Waals surface area contributed by atoms with Gasteiger partial charge >= 0.3 is 0 Å². The Morgan fingerprint density at radius 1 is 0.947 bits per heavy atom. The van der Waals surface area contributed by atoms with Crippen molar-refractivity contribution in [1.29, 1.82) is 0 Å². The van der Waals surface area contributed by atoms with E-state index in [-0.39, 0.29) is 6.04 Å². The number of nitrogens with zero attached hydrogens (tertiary/aromatic N) is 2. The van der Waals surface area contributed by atoms with Crippen molar-refractivity contribution < 1.29 is 0 Å². The Kier molecular flexibility index (Phi) is 3.11. The van der Waals surface area contributed by atoms with E-state index < -0.39 is 0 Å². The van der Waals surface area contributed by atoms with Crippen LogP contribution in [0.1, 0.15) is 18.5 Å². The molecule has 1 aromatic carbocycles. The Balaban J connectivity index is 1.94. The Hall–Kier alpha value is -2.42. The van der Waals surface area contributed by atoms with Crippen LogP contribution in [0.25, 0.3) is 10.9 Å². The molecule has 0 radical (unpaired) electrons. The van der Waals surface area contributed by atoms with Crippen LogP contribution in [0.5, 0.6) is 0 Å². The molecule has 0 saturated carbocycles. The van der Waals surface area contributed by atoms with Crippen molar-refractivity contribution in [2.24, 2.45) is 0 Å². The molecular weight excluding hydrogens is 234 g/mol. The number of rotatable bonds is 3. The maximum absolute atomic E-state index is 4.37. The van der Waals surface area contributed by atoms with Gasteiger partial charge in [0.2, 0.25) is 0 Å². The predicted octanol–water partition coefficient (Wildman–Crippen LogP) is 3.80. The molecule has 3 nitrogen and oxygen atoms in total. The lowest BCUT2D eigenvalue weighted by atomic mass is 10.1. The van der Waals surface area contributed by atoms with E-state index in [1.54, 1.807) is 0 Å². The molecule has 94 valence electrons. The molecule has 0 bridgehead atoms. The minimum atomic E-state index is 0.230. The number of nitrogens with one attached hydrogen (secondary N) is 1. The highest BCUT2D eigenvalue weighted by Crippen LogP contribution is 2.25. The van der Waals surface area contributed by atoms with Gasteiger partial charge in [-0.2, -0.15) is 0 Å². The van der Waals surface area contributed by atoms with Gasteiger partial charge in [-0.15, -0.1) is 0 Å². The van der Waals surface area contributed by atoms with Crippen molar-refractivity contribution in [3.8, 4) is 0 Å². The van der Waals surface area contributed by atoms with Gasteiger partial charge < -0.3 is 5.32 Å². The highest BCUT2D eigenvalue weighted by Gasteiger charge is 2.07. The van der Waals surface area contributed by atoms with Crippen LogP contribution in [0.3, 0.4) is 0 Å². The maximum atomic E-state index is 4.37. The molecule has 19 heavy (non-hydrogen) atoms. The van der Waals surface area contributed by atoms with Gasteiger partial charge in [0, 0.05) is 35.7 Å². The fourth-order valence-corrected chi connectivity index (χ4v) is 2.20. The Morgan fingerprint density at radius 2 is 1.79 bits per heavy atom. The third-order valence-electron chi connectivity index (χ3n) is 3.22. The zero-order valence-corrected chi connectivity index (χ0v) is 10.7. The number of aromatic nitrogens is 2. The summed E-state index contributed by atoms with van der Waals surface area (Å²) in [4.78, 5) is 8.42. The van der Waals surface area contributed by atoms with Crippen LogP contribution in [0, 0.1) is 0 Å². The highest BCUT2D eigenvalue weighted by molar-refractivity contribution is 5.91. The van der Waals surface area contributed by atoms with Crippen LogP contribution >= 0.6 is 0 Å². The van der Waals surface area contributed by atoms with E-state index in [2.05, 4.69) is 34.3 Å². The van der Waals surface area contributed by atoms with Gasteiger partial charge in [-0.3, -0.25) is 9.97 Å². The molecule has 3 rings (SSSR count). The zero-order valence-electron chi connectivity index (χ0n) is 10.7. The van der Waals surface area contributed by atoms with Crippen LogP contribution in [-0.4, -0.2) is 9.97 Å². The first-order valence-electron chi connectivity index (χ1n) is 6.35. The average molecular weight is 249 g/mol. The smallest absolute Gasteiger partial charge is 0.0722 e. The lowest BCUT2D eigenvalue weighted by molar-refractivity contribution is 0.882. The Labute approximate surface area is 112 Å². The second-order valence-electron chi connectivity index (χ2n) is 4.52. The maximum Gasteiger partial charge on any atom is 0.0722 e. The van der Waals surface area contributed by atoms with E-state index in [9.17, 15) is 0 Å². The van der Waals surface area contributed by atoms with Crippen LogP contribution in [0.15, 0.2) is 61.1 Å². The molecule has 0 aliphatic rings. The molecule has 3 heteroatoms. The first-order valence-corrected chi connectivity index (χ1v) is 6.35. The number of anilines is 1. The monoisotopic (exact) mass is 249 g/mol. The molecule has 2 aromatic heterocycles. The Morgan fingerprint density at radius 3 is 2.63 bits per heavy atom. The summed E-state index contributed by atoms with van der Waals surface area (Å²) in [5.41, 5.74) is 3.33. The van der Waals surface area contributed by atoms with Gasteiger partial charge in [0.25, 0.3) is 0 Å². The van der Waals surface area contributed by atoms with Crippen molar-refractivity contribution in [3.05, 3.63) is 66.6 Å². The number of benzene rings is 1. The molecule has 0 aliphatic carbocycles. The third kappa shape index (κ3) is 2.40. The van der Waals surface area contributed by atoms with E-state index >= 15 is 0 Å². The number of pyridine rings is 2. The Bertz CT molecular complexity index is 674. The van der Waals surface area contributed by atoms with Gasteiger partial charge in [-0.1, -0.05) is 6.07 Å². The van der Waals surface area contributed by atoms with Crippen LogP contribution in [-0.2, 0) is 0 Å². The molecule has 0 spiro atoms. The molecular formula is C16H15N3. The topological polar surface area (TPSA) is 37.8 Å². The van der Waals surface area contributed by atoms with Crippen molar-refractivity contribution in [2.45, 2.75) is 13.0 Å². The van der Waals surface area contributed by atoms with Gasteiger partial charge in [0.15, 0.2) is 0 Å². The highest BCUT2D eigenvalue weighted by atomic mass is 14.9. The second kappa shape index (κ2) is 5.06. The minimum Gasteiger partial charge on any atom is -0.378 e. The zero-order chi connectivity index (χ0) is 13.1. The standard InChI is InChI=1S/C16H15N3/c1-12(13-7-10-17-11-8-13)19-16-6-2-5-15-14(16)4-3-9-18-15/h2-12,19H,1H3. The summed E-state index contributed by atoms with van der Waals surface area (Å²) in [6, 6.07) is 14.5. The first-order chi connectivity index (χ1) is 9.34. The third-order valence-corrected chi connectivity index (χ3v) is 3.22. The quantitative estimate of drug-likeness (QED) is 0.767.